The van der Waals surface area contributed by atoms with Crippen molar-refractivity contribution in [1.82, 2.24) is 9.80 Å². The molecule has 0 unspecified atom stereocenters. The Labute approximate surface area is 164 Å². The fourth-order valence-corrected chi connectivity index (χ4v) is 4.24. The number of hydrogen-bond acceptors (Lipinski definition) is 3. The van der Waals surface area contributed by atoms with Gasteiger partial charge in [-0.1, -0.05) is 39.8 Å². The summed E-state index contributed by atoms with van der Waals surface area (Å²) in [5.74, 6) is 3.29. The van der Waals surface area contributed by atoms with Gasteiger partial charge >= 0.3 is 0 Å². The average Bonchev–Trinajstić information content (AvgIpc) is 3.11. The first-order valence-corrected chi connectivity index (χ1v) is 10.7. The van der Waals surface area contributed by atoms with Crippen LogP contribution in [0.3, 0.4) is 0 Å². The third kappa shape index (κ3) is 5.47. The van der Waals surface area contributed by atoms with Gasteiger partial charge in [-0.25, -0.2) is 0 Å². The van der Waals surface area contributed by atoms with Crippen molar-refractivity contribution in [3.63, 3.8) is 0 Å². The number of rotatable bonds is 6. The number of benzene rings is 1. The Morgan fingerprint density at radius 1 is 1.04 bits per heavy atom. The second-order valence-electron chi connectivity index (χ2n) is 8.95. The quantitative estimate of drug-likeness (QED) is 0.752. The minimum Gasteiger partial charge on any atom is -0.489 e. The SMILES string of the molecule is CC(C)c1ccc(O[C@@H]2CCN(C(=O)CN3CCC(C(C)C)CC3)C2)cc1. The monoisotopic (exact) mass is 372 g/mol. The molecule has 4 nitrogen and oxygen atoms in total. The molecule has 150 valence electrons. The van der Waals surface area contributed by atoms with E-state index in [9.17, 15) is 4.79 Å². The van der Waals surface area contributed by atoms with Gasteiger partial charge in [-0.2, -0.15) is 0 Å². The number of hydrogen-bond donors (Lipinski definition) is 0. The summed E-state index contributed by atoms with van der Waals surface area (Å²) in [5.41, 5.74) is 1.33. The van der Waals surface area contributed by atoms with E-state index in [-0.39, 0.29) is 12.0 Å². The van der Waals surface area contributed by atoms with Crippen LogP contribution in [0.25, 0.3) is 0 Å². The second-order valence-corrected chi connectivity index (χ2v) is 8.95. The van der Waals surface area contributed by atoms with E-state index in [1.54, 1.807) is 0 Å². The third-order valence-electron chi connectivity index (χ3n) is 6.28. The largest absolute Gasteiger partial charge is 0.489 e. The lowest BCUT2D eigenvalue weighted by molar-refractivity contribution is -0.132. The summed E-state index contributed by atoms with van der Waals surface area (Å²) in [6.45, 7) is 13.2. The molecule has 3 rings (SSSR count). The summed E-state index contributed by atoms with van der Waals surface area (Å²) in [7, 11) is 0. The van der Waals surface area contributed by atoms with Gasteiger partial charge in [0.1, 0.15) is 11.9 Å². The number of amides is 1. The fraction of sp³-hybridized carbons (Fsp3) is 0.696. The van der Waals surface area contributed by atoms with Gasteiger partial charge in [-0.05, 0) is 61.4 Å². The Hall–Kier alpha value is -1.55. The number of carbonyl (C=O) groups is 1. The Kier molecular flexibility index (Phi) is 6.80. The zero-order valence-electron chi connectivity index (χ0n) is 17.5. The van der Waals surface area contributed by atoms with Crippen molar-refractivity contribution in [3.8, 4) is 5.75 Å². The summed E-state index contributed by atoms with van der Waals surface area (Å²) in [5, 5.41) is 0. The molecule has 0 radical (unpaired) electrons. The molecule has 2 heterocycles. The maximum Gasteiger partial charge on any atom is 0.236 e. The first-order valence-electron chi connectivity index (χ1n) is 10.7. The second kappa shape index (κ2) is 9.09. The Morgan fingerprint density at radius 3 is 2.30 bits per heavy atom. The molecule has 1 amide bonds. The van der Waals surface area contributed by atoms with Gasteiger partial charge in [0.2, 0.25) is 5.91 Å². The van der Waals surface area contributed by atoms with Crippen molar-refractivity contribution in [1.29, 1.82) is 0 Å². The van der Waals surface area contributed by atoms with E-state index < -0.39 is 0 Å². The zero-order chi connectivity index (χ0) is 19.4. The first kappa shape index (κ1) is 20.2. The van der Waals surface area contributed by atoms with Gasteiger partial charge in [0, 0.05) is 13.0 Å². The van der Waals surface area contributed by atoms with Crippen molar-refractivity contribution < 1.29 is 9.53 Å². The molecule has 1 aromatic carbocycles. The van der Waals surface area contributed by atoms with Crippen LogP contribution in [0.2, 0.25) is 0 Å². The Bertz CT molecular complexity index is 603. The van der Waals surface area contributed by atoms with Crippen LogP contribution in [0, 0.1) is 11.8 Å². The lowest BCUT2D eigenvalue weighted by atomic mass is 9.87. The van der Waals surface area contributed by atoms with Crippen molar-refractivity contribution in [2.75, 3.05) is 32.7 Å². The molecule has 0 saturated carbocycles. The highest BCUT2D eigenvalue weighted by atomic mass is 16.5. The molecule has 2 aliphatic heterocycles. The van der Waals surface area contributed by atoms with Crippen LogP contribution in [0.5, 0.6) is 5.75 Å². The molecule has 0 aromatic heterocycles. The van der Waals surface area contributed by atoms with E-state index in [0.29, 0.717) is 19.0 Å². The molecule has 1 atom stereocenters. The fourth-order valence-electron chi connectivity index (χ4n) is 4.24. The van der Waals surface area contributed by atoms with Gasteiger partial charge < -0.3 is 9.64 Å². The van der Waals surface area contributed by atoms with E-state index in [4.69, 9.17) is 4.74 Å². The number of nitrogens with zero attached hydrogens (tertiary/aromatic N) is 2. The van der Waals surface area contributed by atoms with E-state index in [0.717, 1.165) is 43.6 Å². The molecule has 0 N–H and O–H groups in total. The number of likely N-dealkylation sites (tertiary alicyclic amines) is 2. The summed E-state index contributed by atoms with van der Waals surface area (Å²) in [6.07, 6.45) is 3.49. The van der Waals surface area contributed by atoms with Crippen molar-refractivity contribution in [3.05, 3.63) is 29.8 Å². The predicted molar refractivity (Wildman–Crippen MR) is 110 cm³/mol. The van der Waals surface area contributed by atoms with Gasteiger partial charge in [0.05, 0.1) is 13.1 Å². The molecule has 0 spiro atoms. The third-order valence-corrected chi connectivity index (χ3v) is 6.28. The van der Waals surface area contributed by atoms with Crippen LogP contribution in [0.4, 0.5) is 0 Å². The van der Waals surface area contributed by atoms with E-state index in [1.165, 1.54) is 18.4 Å². The van der Waals surface area contributed by atoms with E-state index in [1.807, 2.05) is 4.90 Å². The van der Waals surface area contributed by atoms with Crippen LogP contribution in [-0.4, -0.2) is 54.5 Å². The Morgan fingerprint density at radius 2 is 1.70 bits per heavy atom. The van der Waals surface area contributed by atoms with Crippen LogP contribution >= 0.6 is 0 Å². The van der Waals surface area contributed by atoms with Gasteiger partial charge in [0.25, 0.3) is 0 Å². The molecule has 0 bridgehead atoms. The van der Waals surface area contributed by atoms with Crippen molar-refractivity contribution in [2.24, 2.45) is 11.8 Å². The number of carbonyl (C=O) groups excluding carboxylic acids is 1. The smallest absolute Gasteiger partial charge is 0.236 e. The summed E-state index contributed by atoms with van der Waals surface area (Å²) < 4.78 is 6.11. The highest BCUT2D eigenvalue weighted by Gasteiger charge is 2.30. The molecule has 2 aliphatic rings. The van der Waals surface area contributed by atoms with Crippen LogP contribution < -0.4 is 4.74 Å². The normalized spacial score (nSPS) is 22.0. The standard InChI is InChI=1S/C23H36N2O2/c1-17(2)19-5-7-21(8-6-19)27-22-11-14-25(15-22)23(26)16-24-12-9-20(10-13-24)18(3)4/h5-8,17-18,20,22H,9-16H2,1-4H3/t22-/m1/s1. The minimum absolute atomic E-state index is 0.116. The van der Waals surface area contributed by atoms with Gasteiger partial charge in [-0.15, -0.1) is 0 Å². The molecule has 27 heavy (non-hydrogen) atoms. The van der Waals surface area contributed by atoms with Crippen LogP contribution in [0.15, 0.2) is 24.3 Å². The average molecular weight is 373 g/mol. The molecular formula is C23H36N2O2. The maximum atomic E-state index is 12.7. The predicted octanol–water partition coefficient (Wildman–Crippen LogP) is 4.16. The van der Waals surface area contributed by atoms with Gasteiger partial charge in [0.15, 0.2) is 0 Å². The minimum atomic E-state index is 0.116. The number of piperidine rings is 1. The highest BCUT2D eigenvalue weighted by Crippen LogP contribution is 2.25. The van der Waals surface area contributed by atoms with Crippen LogP contribution in [-0.2, 0) is 4.79 Å². The summed E-state index contributed by atoms with van der Waals surface area (Å²) >= 11 is 0. The molecule has 4 heteroatoms. The Balaban J connectivity index is 1.43. The van der Waals surface area contributed by atoms with Crippen molar-refractivity contribution >= 4 is 5.91 Å². The maximum absolute atomic E-state index is 12.7. The lowest BCUT2D eigenvalue weighted by Gasteiger charge is -2.34. The van der Waals surface area contributed by atoms with Gasteiger partial charge in [-0.3, -0.25) is 9.69 Å². The first-order chi connectivity index (χ1) is 12.9. The van der Waals surface area contributed by atoms with Crippen molar-refractivity contribution in [2.45, 2.75) is 59.0 Å². The zero-order valence-corrected chi connectivity index (χ0v) is 17.5. The number of ether oxygens (including phenoxy) is 1. The molecule has 2 fully saturated rings. The summed E-state index contributed by atoms with van der Waals surface area (Å²) in [4.78, 5) is 17.0. The topological polar surface area (TPSA) is 32.8 Å². The molecule has 2 saturated heterocycles. The summed E-state index contributed by atoms with van der Waals surface area (Å²) in [6, 6.07) is 8.38. The highest BCUT2D eigenvalue weighted by molar-refractivity contribution is 5.78. The molecule has 0 aliphatic carbocycles. The molecule has 1 aromatic rings. The molecular weight excluding hydrogens is 336 g/mol. The van der Waals surface area contributed by atoms with E-state index >= 15 is 0 Å². The van der Waals surface area contributed by atoms with Crippen LogP contribution in [0.1, 0.15) is 58.4 Å². The lowest BCUT2D eigenvalue weighted by Crippen LogP contribution is -2.43. The van der Waals surface area contributed by atoms with E-state index in [2.05, 4.69) is 56.9 Å².